The molecule has 100 valence electrons. The summed E-state index contributed by atoms with van der Waals surface area (Å²) in [6, 6.07) is -0.308. The molecule has 1 N–H and O–H groups in total. The Bertz CT molecular complexity index is 227. The molecule has 0 saturated carbocycles. The molecule has 0 spiro atoms. The summed E-state index contributed by atoms with van der Waals surface area (Å²) >= 11 is 0. The molecule has 4 nitrogen and oxygen atoms in total. The molecule has 0 aromatic rings. The van der Waals surface area contributed by atoms with Gasteiger partial charge in [0, 0.05) is 13.1 Å². The number of carboxylic acids is 1. The monoisotopic (exact) mass is 242 g/mol. The van der Waals surface area contributed by atoms with E-state index in [9.17, 15) is 9.90 Å². The number of likely N-dealkylation sites (tertiary alicyclic amines) is 1. The Kier molecular flexibility index (Phi) is 6.52. The largest absolute Gasteiger partial charge is 0.480 e. The smallest absolute Gasteiger partial charge is 0.320 e. The maximum absolute atomic E-state index is 11.2. The van der Waals surface area contributed by atoms with Crippen LogP contribution in [0.25, 0.3) is 0 Å². The average molecular weight is 242 g/mol. The highest BCUT2D eigenvalue weighted by atomic mass is 16.4. The Balaban J connectivity index is 2.30. The van der Waals surface area contributed by atoms with Crippen molar-refractivity contribution in [3.63, 3.8) is 0 Å². The summed E-state index contributed by atoms with van der Waals surface area (Å²) in [5, 5.41) is 9.21. The number of rotatable bonds is 8. The first-order valence-corrected chi connectivity index (χ1v) is 6.80. The molecule has 0 bridgehead atoms. The summed E-state index contributed by atoms with van der Waals surface area (Å²) in [6.07, 6.45) is 5.40. The molecule has 1 saturated heterocycles. The van der Waals surface area contributed by atoms with E-state index >= 15 is 0 Å². The van der Waals surface area contributed by atoms with E-state index in [1.165, 1.54) is 25.9 Å². The highest BCUT2D eigenvalue weighted by Gasteiger charge is 2.22. The number of hydrogen-bond acceptors (Lipinski definition) is 3. The van der Waals surface area contributed by atoms with E-state index in [2.05, 4.69) is 11.8 Å². The van der Waals surface area contributed by atoms with E-state index in [4.69, 9.17) is 0 Å². The quantitative estimate of drug-likeness (QED) is 0.703. The van der Waals surface area contributed by atoms with E-state index in [0.29, 0.717) is 0 Å². The summed E-state index contributed by atoms with van der Waals surface area (Å²) in [5.41, 5.74) is 0. The average Bonchev–Trinajstić information content (AvgIpc) is 2.79. The topological polar surface area (TPSA) is 43.8 Å². The standard InChI is InChI=1S/C13H26N2O2/c1-3-4-7-12(13(16)17)14(2)10-11-15-8-5-6-9-15/h12H,3-11H2,1-2H3,(H,16,17). The molecule has 1 fully saturated rings. The molecule has 0 radical (unpaired) electrons. The lowest BCUT2D eigenvalue weighted by molar-refractivity contribution is -0.143. The zero-order valence-corrected chi connectivity index (χ0v) is 11.2. The second kappa shape index (κ2) is 7.67. The van der Waals surface area contributed by atoms with Crippen LogP contribution >= 0.6 is 0 Å². The molecular formula is C13H26N2O2. The van der Waals surface area contributed by atoms with E-state index < -0.39 is 5.97 Å². The summed E-state index contributed by atoms with van der Waals surface area (Å²) in [5.74, 6) is -0.678. The maximum atomic E-state index is 11.2. The Morgan fingerprint density at radius 2 is 2.06 bits per heavy atom. The van der Waals surface area contributed by atoms with Crippen molar-refractivity contribution in [2.45, 2.75) is 45.1 Å². The summed E-state index contributed by atoms with van der Waals surface area (Å²) in [7, 11) is 1.94. The first kappa shape index (κ1) is 14.5. The van der Waals surface area contributed by atoms with Gasteiger partial charge in [0.25, 0.3) is 0 Å². The van der Waals surface area contributed by atoms with Gasteiger partial charge < -0.3 is 10.0 Å². The van der Waals surface area contributed by atoms with Gasteiger partial charge >= 0.3 is 5.97 Å². The SMILES string of the molecule is CCCCC(C(=O)O)N(C)CCN1CCCC1. The van der Waals surface area contributed by atoms with Gasteiger partial charge in [0.15, 0.2) is 0 Å². The fourth-order valence-electron chi connectivity index (χ4n) is 2.39. The van der Waals surface area contributed by atoms with Gasteiger partial charge in [-0.15, -0.1) is 0 Å². The van der Waals surface area contributed by atoms with Gasteiger partial charge in [0.1, 0.15) is 6.04 Å². The molecule has 0 aromatic heterocycles. The van der Waals surface area contributed by atoms with Crippen LogP contribution in [0.3, 0.4) is 0 Å². The van der Waals surface area contributed by atoms with Crippen LogP contribution in [0.2, 0.25) is 0 Å². The number of likely N-dealkylation sites (N-methyl/N-ethyl adjacent to an activating group) is 1. The molecule has 1 aliphatic heterocycles. The molecule has 1 atom stereocenters. The Labute approximate surface area is 105 Å². The Hall–Kier alpha value is -0.610. The van der Waals surface area contributed by atoms with Crippen molar-refractivity contribution in [3.05, 3.63) is 0 Å². The van der Waals surface area contributed by atoms with Gasteiger partial charge in [0.05, 0.1) is 0 Å². The highest BCUT2D eigenvalue weighted by molar-refractivity contribution is 5.73. The van der Waals surface area contributed by atoms with Crippen molar-refractivity contribution >= 4 is 5.97 Å². The van der Waals surface area contributed by atoms with Crippen molar-refractivity contribution in [3.8, 4) is 0 Å². The Morgan fingerprint density at radius 1 is 1.41 bits per heavy atom. The summed E-state index contributed by atoms with van der Waals surface area (Å²) in [6.45, 7) is 6.33. The first-order valence-electron chi connectivity index (χ1n) is 6.80. The van der Waals surface area contributed by atoms with Gasteiger partial charge in [-0.05, 0) is 39.4 Å². The minimum atomic E-state index is -0.678. The first-order chi connectivity index (χ1) is 8.15. The molecule has 0 aromatic carbocycles. The lowest BCUT2D eigenvalue weighted by Crippen LogP contribution is -2.42. The van der Waals surface area contributed by atoms with Crippen LogP contribution in [0.15, 0.2) is 0 Å². The molecular weight excluding hydrogens is 216 g/mol. The van der Waals surface area contributed by atoms with E-state index in [-0.39, 0.29) is 6.04 Å². The van der Waals surface area contributed by atoms with Crippen molar-refractivity contribution in [2.24, 2.45) is 0 Å². The number of aliphatic carboxylic acids is 1. The fraction of sp³-hybridized carbons (Fsp3) is 0.923. The zero-order chi connectivity index (χ0) is 12.7. The van der Waals surface area contributed by atoms with Crippen LogP contribution in [0.1, 0.15) is 39.0 Å². The lowest BCUT2D eigenvalue weighted by Gasteiger charge is -2.26. The third kappa shape index (κ3) is 5.04. The number of unbranched alkanes of at least 4 members (excludes halogenated alkanes) is 1. The van der Waals surface area contributed by atoms with Crippen molar-refractivity contribution in [2.75, 3.05) is 33.2 Å². The minimum absolute atomic E-state index is 0.308. The van der Waals surface area contributed by atoms with Crippen molar-refractivity contribution < 1.29 is 9.90 Å². The van der Waals surface area contributed by atoms with Crippen LogP contribution in [-0.4, -0.2) is 60.1 Å². The number of nitrogens with zero attached hydrogens (tertiary/aromatic N) is 2. The molecule has 0 aliphatic carbocycles. The predicted molar refractivity (Wildman–Crippen MR) is 69.3 cm³/mol. The van der Waals surface area contributed by atoms with E-state index in [1.54, 1.807) is 0 Å². The van der Waals surface area contributed by atoms with Crippen molar-refractivity contribution in [1.29, 1.82) is 0 Å². The molecule has 17 heavy (non-hydrogen) atoms. The second-order valence-corrected chi connectivity index (χ2v) is 5.03. The van der Waals surface area contributed by atoms with Crippen LogP contribution in [0, 0.1) is 0 Å². The minimum Gasteiger partial charge on any atom is -0.480 e. The van der Waals surface area contributed by atoms with Gasteiger partial charge in [-0.25, -0.2) is 0 Å². The normalized spacial score (nSPS) is 18.8. The van der Waals surface area contributed by atoms with Gasteiger partial charge in [-0.3, -0.25) is 9.69 Å². The molecule has 1 heterocycles. The third-order valence-electron chi connectivity index (χ3n) is 3.62. The lowest BCUT2D eigenvalue weighted by atomic mass is 10.1. The van der Waals surface area contributed by atoms with Crippen LogP contribution in [0.4, 0.5) is 0 Å². The van der Waals surface area contributed by atoms with Crippen LogP contribution < -0.4 is 0 Å². The van der Waals surface area contributed by atoms with Gasteiger partial charge in [-0.2, -0.15) is 0 Å². The zero-order valence-electron chi connectivity index (χ0n) is 11.2. The Morgan fingerprint density at radius 3 is 2.59 bits per heavy atom. The third-order valence-corrected chi connectivity index (χ3v) is 3.62. The predicted octanol–water partition coefficient (Wildman–Crippen LogP) is 1.66. The number of carboxylic acid groups (broad SMARTS) is 1. The molecule has 4 heteroatoms. The summed E-state index contributed by atoms with van der Waals surface area (Å²) in [4.78, 5) is 15.6. The number of hydrogen-bond donors (Lipinski definition) is 1. The van der Waals surface area contributed by atoms with Gasteiger partial charge in [-0.1, -0.05) is 19.8 Å². The van der Waals surface area contributed by atoms with Crippen LogP contribution in [0.5, 0.6) is 0 Å². The van der Waals surface area contributed by atoms with Crippen molar-refractivity contribution in [1.82, 2.24) is 9.80 Å². The highest BCUT2D eigenvalue weighted by Crippen LogP contribution is 2.10. The molecule has 1 unspecified atom stereocenters. The summed E-state index contributed by atoms with van der Waals surface area (Å²) < 4.78 is 0. The maximum Gasteiger partial charge on any atom is 0.320 e. The van der Waals surface area contributed by atoms with E-state index in [1.807, 2.05) is 11.9 Å². The molecule has 0 amide bonds. The fourth-order valence-corrected chi connectivity index (χ4v) is 2.39. The van der Waals surface area contributed by atoms with Crippen LogP contribution in [-0.2, 0) is 4.79 Å². The van der Waals surface area contributed by atoms with E-state index in [0.717, 1.165) is 32.4 Å². The molecule has 1 rings (SSSR count). The second-order valence-electron chi connectivity index (χ2n) is 5.03. The van der Waals surface area contributed by atoms with Gasteiger partial charge in [0.2, 0.25) is 0 Å². The molecule has 1 aliphatic rings. The number of carbonyl (C=O) groups is 1.